The van der Waals surface area contributed by atoms with Crippen LogP contribution in [0.1, 0.15) is 29.0 Å². The fraction of sp³-hybridized carbons (Fsp3) is 0.0333. The van der Waals surface area contributed by atoms with Gasteiger partial charge < -0.3 is 9.47 Å². The van der Waals surface area contributed by atoms with Gasteiger partial charge in [-0.2, -0.15) is 0 Å². The highest BCUT2D eigenvalue weighted by Gasteiger charge is 2.21. The molecule has 1 aromatic heterocycles. The first-order chi connectivity index (χ1) is 30.7. The molecular formula is C60H42N2. The molecule has 0 radical (unpaired) electrons. The maximum atomic E-state index is 2.43. The highest BCUT2D eigenvalue weighted by Crippen LogP contribution is 2.43. The minimum atomic E-state index is 0.333. The van der Waals surface area contributed by atoms with Crippen LogP contribution in [0.25, 0.3) is 77.4 Å². The van der Waals surface area contributed by atoms with E-state index < -0.39 is 0 Å². The summed E-state index contributed by atoms with van der Waals surface area (Å²) in [5.41, 5.74) is 15.8. The molecular weight excluding hydrogens is 749 g/mol. The zero-order valence-corrected chi connectivity index (χ0v) is 34.2. The standard InChI is InChI=1S/C60H42N2/c1-2-16-46-39-51(38-29-41(46)13-1)62-58-27-8-7-23-57(58)60-56(26-12-28-59(60)62)47-19-9-20-50(40-47)61(48-34-30-44(31-35-48)54-24-10-17-42-14-3-5-21-52(42)54)49-36-32-45(33-37-49)55-25-11-18-43-15-4-6-22-53(43)55/h1-24,26-40,55H,25H2. The zero-order chi connectivity index (χ0) is 41.0. The van der Waals surface area contributed by atoms with Gasteiger partial charge in [-0.3, -0.25) is 0 Å². The third-order valence-electron chi connectivity index (χ3n) is 12.9. The molecule has 1 heterocycles. The number of nitrogens with zero attached hydrogens (tertiary/aromatic N) is 2. The fourth-order valence-electron chi connectivity index (χ4n) is 9.99. The number of fused-ring (bicyclic) bond motifs is 6. The Kier molecular flexibility index (Phi) is 8.67. The molecule has 2 nitrogen and oxygen atoms in total. The maximum absolute atomic E-state index is 2.43. The molecule has 0 spiro atoms. The van der Waals surface area contributed by atoms with Crippen molar-refractivity contribution in [1.29, 1.82) is 0 Å². The van der Waals surface area contributed by atoms with Gasteiger partial charge in [0.15, 0.2) is 0 Å². The van der Waals surface area contributed by atoms with Gasteiger partial charge in [0.05, 0.1) is 11.0 Å². The van der Waals surface area contributed by atoms with Crippen LogP contribution < -0.4 is 4.90 Å². The molecule has 0 saturated carbocycles. The number of hydrogen-bond acceptors (Lipinski definition) is 1. The molecule has 0 fully saturated rings. The van der Waals surface area contributed by atoms with E-state index in [1.807, 2.05) is 0 Å². The molecule has 1 aliphatic rings. The normalized spacial score (nSPS) is 13.5. The highest BCUT2D eigenvalue weighted by atomic mass is 15.1. The minimum Gasteiger partial charge on any atom is -0.310 e. The van der Waals surface area contributed by atoms with E-state index in [-0.39, 0.29) is 0 Å². The molecule has 0 N–H and O–H groups in total. The van der Waals surface area contributed by atoms with Crippen LogP contribution in [0.5, 0.6) is 0 Å². The molecule has 1 unspecified atom stereocenters. The van der Waals surface area contributed by atoms with Crippen LogP contribution in [0.3, 0.4) is 0 Å². The second-order valence-corrected chi connectivity index (χ2v) is 16.5. The molecule has 1 aliphatic carbocycles. The Morgan fingerprint density at radius 2 is 1.08 bits per heavy atom. The molecule has 0 amide bonds. The lowest BCUT2D eigenvalue weighted by Crippen LogP contribution is -2.11. The second kappa shape index (κ2) is 15.0. The van der Waals surface area contributed by atoms with E-state index in [0.29, 0.717) is 5.92 Å². The van der Waals surface area contributed by atoms with Crippen molar-refractivity contribution in [2.24, 2.45) is 0 Å². The summed E-state index contributed by atoms with van der Waals surface area (Å²) in [5.74, 6) is 0.333. The Balaban J connectivity index is 0.992. The molecule has 0 aliphatic heterocycles. The van der Waals surface area contributed by atoms with Gasteiger partial charge in [0.2, 0.25) is 0 Å². The minimum absolute atomic E-state index is 0.333. The van der Waals surface area contributed by atoms with Gasteiger partial charge in [0, 0.05) is 39.4 Å². The van der Waals surface area contributed by atoms with Gasteiger partial charge in [-0.1, -0.05) is 176 Å². The molecule has 0 saturated heterocycles. The lowest BCUT2D eigenvalue weighted by molar-refractivity contribution is 0.819. The summed E-state index contributed by atoms with van der Waals surface area (Å²) in [6.07, 6.45) is 5.58. The molecule has 62 heavy (non-hydrogen) atoms. The summed E-state index contributed by atoms with van der Waals surface area (Å²) in [6, 6.07) is 82.5. The third kappa shape index (κ3) is 6.11. The monoisotopic (exact) mass is 790 g/mol. The number of aromatic nitrogens is 1. The average Bonchev–Trinajstić information content (AvgIpc) is 3.69. The second-order valence-electron chi connectivity index (χ2n) is 16.5. The zero-order valence-electron chi connectivity index (χ0n) is 34.2. The summed E-state index contributed by atoms with van der Waals surface area (Å²) < 4.78 is 2.43. The van der Waals surface area contributed by atoms with Crippen LogP contribution in [0.15, 0.2) is 231 Å². The van der Waals surface area contributed by atoms with Gasteiger partial charge in [0.25, 0.3) is 0 Å². The molecule has 0 bridgehead atoms. The summed E-state index contributed by atoms with van der Waals surface area (Å²) in [7, 11) is 0. The number of allylic oxidation sites excluding steroid dienone is 1. The first-order valence-corrected chi connectivity index (χ1v) is 21.6. The predicted octanol–water partition coefficient (Wildman–Crippen LogP) is 16.4. The average molecular weight is 791 g/mol. The summed E-state index contributed by atoms with van der Waals surface area (Å²) in [4.78, 5) is 2.41. The van der Waals surface area contributed by atoms with Crippen molar-refractivity contribution in [1.82, 2.24) is 4.57 Å². The molecule has 292 valence electrons. The summed E-state index contributed by atoms with van der Waals surface area (Å²) in [6.45, 7) is 0. The van der Waals surface area contributed by atoms with Crippen molar-refractivity contribution in [3.05, 3.63) is 247 Å². The fourth-order valence-corrected chi connectivity index (χ4v) is 9.99. The van der Waals surface area contributed by atoms with Gasteiger partial charge in [0.1, 0.15) is 0 Å². The lowest BCUT2D eigenvalue weighted by Gasteiger charge is -2.27. The van der Waals surface area contributed by atoms with Crippen molar-refractivity contribution in [2.75, 3.05) is 4.90 Å². The van der Waals surface area contributed by atoms with Crippen molar-refractivity contribution in [3.8, 4) is 27.9 Å². The Morgan fingerprint density at radius 1 is 0.419 bits per heavy atom. The van der Waals surface area contributed by atoms with Crippen LogP contribution >= 0.6 is 0 Å². The smallest absolute Gasteiger partial charge is 0.0547 e. The lowest BCUT2D eigenvalue weighted by atomic mass is 9.82. The third-order valence-corrected chi connectivity index (χ3v) is 12.9. The van der Waals surface area contributed by atoms with E-state index in [9.17, 15) is 0 Å². The summed E-state index contributed by atoms with van der Waals surface area (Å²) in [5, 5.41) is 7.49. The van der Waals surface area contributed by atoms with Gasteiger partial charge in [-0.05, 0) is 128 Å². The molecule has 11 aromatic rings. The first kappa shape index (κ1) is 36.0. The van der Waals surface area contributed by atoms with Crippen LogP contribution in [0.2, 0.25) is 0 Å². The highest BCUT2D eigenvalue weighted by molar-refractivity contribution is 6.16. The van der Waals surface area contributed by atoms with E-state index in [2.05, 4.69) is 246 Å². The van der Waals surface area contributed by atoms with Crippen molar-refractivity contribution in [2.45, 2.75) is 12.3 Å². The summed E-state index contributed by atoms with van der Waals surface area (Å²) >= 11 is 0. The SMILES string of the molecule is C1=Cc2ccccc2C(c2ccc(N(c3ccc(-c4cccc5ccccc45)cc3)c3cccc(-c4cccc5c4c4ccccc4n5-c4ccc5ccccc5c4)c3)cc2)C1. The number of para-hydroxylation sites is 1. The topological polar surface area (TPSA) is 8.17 Å². The van der Waals surface area contributed by atoms with E-state index in [1.165, 1.54) is 82.3 Å². The van der Waals surface area contributed by atoms with Crippen LogP contribution in [0, 0.1) is 0 Å². The number of benzene rings is 10. The van der Waals surface area contributed by atoms with Crippen molar-refractivity contribution < 1.29 is 0 Å². The van der Waals surface area contributed by atoms with Gasteiger partial charge >= 0.3 is 0 Å². The first-order valence-electron chi connectivity index (χ1n) is 21.6. The number of rotatable bonds is 7. The number of anilines is 3. The van der Waals surface area contributed by atoms with E-state index in [1.54, 1.807) is 0 Å². The Bertz CT molecular complexity index is 3490. The van der Waals surface area contributed by atoms with E-state index in [0.717, 1.165) is 29.2 Å². The van der Waals surface area contributed by atoms with Crippen molar-refractivity contribution >= 4 is 66.5 Å². The van der Waals surface area contributed by atoms with Crippen LogP contribution in [0.4, 0.5) is 17.1 Å². The van der Waals surface area contributed by atoms with Crippen LogP contribution in [-0.2, 0) is 0 Å². The Labute approximate surface area is 361 Å². The van der Waals surface area contributed by atoms with E-state index >= 15 is 0 Å². The van der Waals surface area contributed by atoms with Crippen LogP contribution in [-0.4, -0.2) is 4.57 Å². The molecule has 12 rings (SSSR count). The Morgan fingerprint density at radius 3 is 1.95 bits per heavy atom. The van der Waals surface area contributed by atoms with Gasteiger partial charge in [-0.25, -0.2) is 0 Å². The maximum Gasteiger partial charge on any atom is 0.0547 e. The largest absolute Gasteiger partial charge is 0.310 e. The Hall–Kier alpha value is -7.94. The molecule has 1 atom stereocenters. The predicted molar refractivity (Wildman–Crippen MR) is 263 cm³/mol. The van der Waals surface area contributed by atoms with E-state index in [4.69, 9.17) is 0 Å². The molecule has 10 aromatic carbocycles. The molecule has 2 heteroatoms. The quantitative estimate of drug-likeness (QED) is 0.156. The van der Waals surface area contributed by atoms with Gasteiger partial charge in [-0.15, -0.1) is 0 Å². The van der Waals surface area contributed by atoms with Crippen molar-refractivity contribution in [3.63, 3.8) is 0 Å². The number of hydrogen-bond donors (Lipinski definition) is 0.